The van der Waals surface area contributed by atoms with Crippen LogP contribution in [0.2, 0.25) is 0 Å². The highest BCUT2D eigenvalue weighted by Crippen LogP contribution is 2.64. The minimum Gasteiger partial charge on any atom is -0.281 e. The molecule has 0 spiro atoms. The Hall–Kier alpha value is -4.40. The van der Waals surface area contributed by atoms with Crippen LogP contribution in [0, 0.1) is 0 Å². The molecule has 5 rings (SSSR count). The van der Waals surface area contributed by atoms with Gasteiger partial charge in [-0.3, -0.25) is 4.55 Å². The lowest BCUT2D eigenvalue weighted by atomic mass is 9.89. The van der Waals surface area contributed by atoms with Crippen LogP contribution in [0.25, 0.3) is 11.1 Å². The van der Waals surface area contributed by atoms with Crippen LogP contribution in [0.15, 0.2) is 97.1 Å². The molecular weight excluding hydrogens is 823 g/mol. The van der Waals surface area contributed by atoms with E-state index in [1.54, 1.807) is 0 Å². The van der Waals surface area contributed by atoms with E-state index in [0.29, 0.717) is 0 Å². The Labute approximate surface area is 305 Å². The normalized spacial score (nSPS) is 14.5. The van der Waals surface area contributed by atoms with E-state index in [-0.39, 0.29) is 0 Å². The van der Waals surface area contributed by atoms with Gasteiger partial charge in [-0.05, 0) is 63.8 Å². The van der Waals surface area contributed by atoms with Crippen LogP contribution >= 0.6 is 0 Å². The van der Waals surface area contributed by atoms with Crippen LogP contribution in [0.3, 0.4) is 0 Å². The van der Waals surface area contributed by atoms with Crippen LogP contribution < -0.4 is 0 Å². The minimum absolute atomic E-state index is 0.993. The van der Waals surface area contributed by atoms with Gasteiger partial charge in [-0.1, -0.05) is 97.1 Å². The lowest BCUT2D eigenvalue weighted by molar-refractivity contribution is -0.458. The molecule has 4 aromatic carbocycles. The summed E-state index contributed by atoms with van der Waals surface area (Å²) in [7, 11) is -7.89. The average Bonchev–Trinajstić information content (AvgIpc) is 3.48. The zero-order valence-corrected chi connectivity index (χ0v) is 28.3. The van der Waals surface area contributed by atoms with Crippen LogP contribution in [0.4, 0.5) is 74.6 Å². The van der Waals surface area contributed by atoms with Crippen molar-refractivity contribution in [3.05, 3.63) is 130 Å². The fourth-order valence-electron chi connectivity index (χ4n) is 5.64. The van der Waals surface area contributed by atoms with E-state index in [9.17, 15) is 83.1 Å². The summed E-state index contributed by atoms with van der Waals surface area (Å²) in [5.41, 5.74) is 11.5. The Morgan fingerprint density at radius 3 is 1.34 bits per heavy atom. The van der Waals surface area contributed by atoms with Crippen molar-refractivity contribution in [2.75, 3.05) is 0 Å². The predicted octanol–water partition coefficient (Wildman–Crippen LogP) is 11.3. The monoisotopic (exact) mass is 846 g/mol. The predicted molar refractivity (Wildman–Crippen MR) is 165 cm³/mol. The van der Waals surface area contributed by atoms with Gasteiger partial charge < -0.3 is 0 Å². The van der Waals surface area contributed by atoms with E-state index < -0.39 is 57.1 Å². The number of fused-ring (bicyclic) bond motifs is 3. The number of halogens is 17. The summed E-state index contributed by atoms with van der Waals surface area (Å²) >= 11 is 0. The second-order valence-electron chi connectivity index (χ2n) is 12.3. The quantitative estimate of drug-likeness (QED) is 0.106. The maximum atomic E-state index is 13.0. The highest BCUT2D eigenvalue weighted by molar-refractivity contribution is 7.87. The van der Waals surface area contributed by atoms with E-state index >= 15 is 0 Å². The van der Waals surface area contributed by atoms with Crippen LogP contribution in [0.1, 0.15) is 33.4 Å². The van der Waals surface area contributed by atoms with E-state index in [4.69, 9.17) is 4.55 Å². The van der Waals surface area contributed by atoms with Gasteiger partial charge in [0.25, 0.3) is 0 Å². The van der Waals surface area contributed by atoms with Crippen molar-refractivity contribution in [3.63, 3.8) is 0 Å². The van der Waals surface area contributed by atoms with Crippen molar-refractivity contribution in [3.8, 4) is 11.1 Å². The van der Waals surface area contributed by atoms with E-state index in [2.05, 4.69) is 97.1 Å². The summed E-state index contributed by atoms with van der Waals surface area (Å²) in [6, 6.07) is 35.2. The topological polar surface area (TPSA) is 54.4 Å². The third kappa shape index (κ3) is 7.20. The summed E-state index contributed by atoms with van der Waals surface area (Å²) in [6.45, 7) is 0. The molecule has 0 fully saturated rings. The zero-order chi connectivity index (χ0) is 42.6. The van der Waals surface area contributed by atoms with Gasteiger partial charge in [-0.15, -0.1) is 0 Å². The second-order valence-corrected chi connectivity index (χ2v) is 13.8. The first-order valence-electron chi connectivity index (χ1n) is 15.4. The Balaban J connectivity index is 0.000000249. The van der Waals surface area contributed by atoms with Crippen LogP contribution in [-0.4, -0.2) is 59.9 Å². The van der Waals surface area contributed by atoms with Crippen LogP contribution in [0.5, 0.6) is 0 Å². The molecule has 0 unspecified atom stereocenters. The second kappa shape index (κ2) is 14.5. The smallest absolute Gasteiger partial charge is 0.281 e. The number of benzene rings is 4. The largest absolute Gasteiger partial charge is 0.460 e. The maximum absolute atomic E-state index is 13.0. The van der Waals surface area contributed by atoms with Gasteiger partial charge in [0.2, 0.25) is 0 Å². The van der Waals surface area contributed by atoms with Crippen molar-refractivity contribution in [2.45, 2.75) is 66.2 Å². The zero-order valence-electron chi connectivity index (χ0n) is 27.5. The molecular formula is C35H23F17O3S. The maximum Gasteiger partial charge on any atom is 0.460 e. The van der Waals surface area contributed by atoms with Gasteiger partial charge in [0.1, 0.15) is 0 Å². The van der Waals surface area contributed by atoms with Crippen molar-refractivity contribution in [2.24, 2.45) is 0 Å². The molecule has 1 N–H and O–H groups in total. The number of hydrogen-bond acceptors (Lipinski definition) is 2. The van der Waals surface area contributed by atoms with Crippen molar-refractivity contribution < 1.29 is 87.6 Å². The Bertz CT molecular complexity index is 2140. The highest BCUT2D eigenvalue weighted by atomic mass is 32.2. The highest BCUT2D eigenvalue weighted by Gasteiger charge is 2.96. The Kier molecular flexibility index (Phi) is 11.5. The first kappa shape index (κ1) is 44.3. The summed E-state index contributed by atoms with van der Waals surface area (Å²) in [5, 5.41) is -7.84. The third-order valence-electron chi connectivity index (χ3n) is 8.68. The molecule has 0 bridgehead atoms. The molecule has 21 heteroatoms. The molecule has 0 aliphatic heterocycles. The Morgan fingerprint density at radius 1 is 0.464 bits per heavy atom. The number of rotatable bonds is 11. The van der Waals surface area contributed by atoms with E-state index in [1.165, 1.54) is 44.5 Å². The first-order valence-corrected chi connectivity index (χ1v) is 16.8. The standard InChI is InChI=1S/C27H22.C8HF17O3S/c1-3-9-20(10-4-1)17-23-15-16-25-24-14-8-7-13-22(24)19-27(25)26(23)18-21-11-5-2-6-12-21;9-1(10,3(13,14)5(17,18)7(21,22)23)2(11,12)4(15,16)6(19,20)8(24,25)29(26,27)28/h1-16H,17-19H2;(H,26,27,28). The molecule has 56 heavy (non-hydrogen) atoms. The molecule has 0 radical (unpaired) electrons. The van der Waals surface area contributed by atoms with Gasteiger partial charge in [-0.25, -0.2) is 0 Å². The molecule has 3 nitrogen and oxygen atoms in total. The van der Waals surface area contributed by atoms with Gasteiger partial charge in [-0.2, -0.15) is 83.1 Å². The molecule has 0 aromatic heterocycles. The molecule has 0 heterocycles. The molecule has 1 aliphatic carbocycles. The molecule has 4 aromatic rings. The minimum atomic E-state index is -8.89. The summed E-state index contributed by atoms with van der Waals surface area (Å²) < 4.78 is 242. The lowest BCUT2D eigenvalue weighted by Crippen LogP contribution is -2.74. The van der Waals surface area contributed by atoms with E-state index in [1.807, 2.05) is 0 Å². The van der Waals surface area contributed by atoms with Gasteiger partial charge in [0.05, 0.1) is 0 Å². The fraction of sp³-hybridized carbons (Fsp3) is 0.314. The molecule has 306 valence electrons. The van der Waals surface area contributed by atoms with Crippen molar-refractivity contribution in [1.82, 2.24) is 0 Å². The molecule has 1 aliphatic rings. The Morgan fingerprint density at radius 2 is 0.875 bits per heavy atom. The van der Waals surface area contributed by atoms with Crippen molar-refractivity contribution >= 4 is 10.1 Å². The molecule has 0 saturated carbocycles. The SMILES string of the molecule is O=S(=O)(O)C(F)(F)C(F)(F)C(F)(F)C(F)(F)C(F)(F)C(F)(F)C(F)(F)C(F)(F)F.c1ccc(Cc2ccc3c(c2Cc2ccccc2)Cc2ccccc2-3)cc1. The molecule has 0 atom stereocenters. The van der Waals surface area contributed by atoms with Gasteiger partial charge in [0, 0.05) is 0 Å². The third-order valence-corrected chi connectivity index (χ3v) is 9.59. The van der Waals surface area contributed by atoms with E-state index in [0.717, 1.165) is 19.3 Å². The summed E-state index contributed by atoms with van der Waals surface area (Å²) in [5.74, 6) is -52.0. The first-order chi connectivity index (χ1) is 25.4. The molecule has 0 amide bonds. The average molecular weight is 847 g/mol. The summed E-state index contributed by atoms with van der Waals surface area (Å²) in [6.07, 6.45) is -4.84. The number of hydrogen-bond donors (Lipinski definition) is 1. The molecule has 0 saturated heterocycles. The number of alkyl halides is 17. The van der Waals surface area contributed by atoms with Gasteiger partial charge >= 0.3 is 57.1 Å². The van der Waals surface area contributed by atoms with Crippen LogP contribution in [-0.2, 0) is 29.4 Å². The van der Waals surface area contributed by atoms with Crippen molar-refractivity contribution in [1.29, 1.82) is 0 Å². The fourth-order valence-corrected chi connectivity index (χ4v) is 6.09. The van der Waals surface area contributed by atoms with Gasteiger partial charge in [0.15, 0.2) is 0 Å². The lowest BCUT2D eigenvalue weighted by Gasteiger charge is -2.42. The summed E-state index contributed by atoms with van der Waals surface area (Å²) in [4.78, 5) is 0.